The maximum Gasteiger partial charge on any atom is 0.209 e. The third-order valence-corrected chi connectivity index (χ3v) is 3.77. The minimum absolute atomic E-state index is 0.0141. The van der Waals surface area contributed by atoms with Gasteiger partial charge in [-0.05, 0) is 17.0 Å². The van der Waals surface area contributed by atoms with E-state index in [-0.39, 0.29) is 17.1 Å². The van der Waals surface area contributed by atoms with Crippen LogP contribution in [-0.4, -0.2) is 20.8 Å². The van der Waals surface area contributed by atoms with Crippen molar-refractivity contribution in [1.29, 1.82) is 0 Å². The summed E-state index contributed by atoms with van der Waals surface area (Å²) in [6.07, 6.45) is 0. The summed E-state index contributed by atoms with van der Waals surface area (Å²) in [5.74, 6) is 0.601. The van der Waals surface area contributed by atoms with Crippen molar-refractivity contribution in [2.75, 3.05) is 12.4 Å². The monoisotopic (exact) mass is 285 g/mol. The fourth-order valence-electron chi connectivity index (χ4n) is 1.89. The summed E-state index contributed by atoms with van der Waals surface area (Å²) in [6, 6.07) is 7.82. The van der Waals surface area contributed by atoms with E-state index in [2.05, 4.69) is 20.8 Å². The Kier molecular flexibility index (Phi) is 4.98. The van der Waals surface area contributed by atoms with E-state index < -0.39 is 10.0 Å². The normalized spacial score (nSPS) is 14.2. The molecule has 1 rings (SSSR count). The van der Waals surface area contributed by atoms with E-state index in [4.69, 9.17) is 9.88 Å². The first-order valence-corrected chi connectivity index (χ1v) is 8.04. The van der Waals surface area contributed by atoms with Gasteiger partial charge >= 0.3 is 0 Å². The molecule has 0 aliphatic heterocycles. The first kappa shape index (κ1) is 16.0. The van der Waals surface area contributed by atoms with Gasteiger partial charge in [-0.1, -0.05) is 45.9 Å². The second-order valence-corrected chi connectivity index (χ2v) is 7.65. The highest BCUT2D eigenvalue weighted by atomic mass is 32.2. The van der Waals surface area contributed by atoms with Gasteiger partial charge in [0, 0.05) is 5.92 Å². The molecule has 2 N–H and O–H groups in total. The Morgan fingerprint density at radius 2 is 1.84 bits per heavy atom. The SMILES string of the molecule is CC(COc1ccccc1C(C)(C)C)CS(N)(=O)=O. The highest BCUT2D eigenvalue weighted by Gasteiger charge is 2.19. The molecule has 0 aliphatic rings. The van der Waals surface area contributed by atoms with E-state index in [9.17, 15) is 8.42 Å². The van der Waals surface area contributed by atoms with Crippen LogP contribution < -0.4 is 9.88 Å². The number of primary sulfonamides is 1. The summed E-state index contributed by atoms with van der Waals surface area (Å²) in [4.78, 5) is 0. The van der Waals surface area contributed by atoms with Crippen LogP contribution in [0, 0.1) is 5.92 Å². The Labute approximate surface area is 116 Å². The van der Waals surface area contributed by atoms with Crippen molar-refractivity contribution in [3.63, 3.8) is 0 Å². The smallest absolute Gasteiger partial charge is 0.209 e. The molecule has 4 nitrogen and oxygen atoms in total. The van der Waals surface area contributed by atoms with Gasteiger partial charge in [-0.15, -0.1) is 0 Å². The topological polar surface area (TPSA) is 69.4 Å². The van der Waals surface area contributed by atoms with Crippen LogP contribution in [0.2, 0.25) is 0 Å². The molecule has 0 bridgehead atoms. The van der Waals surface area contributed by atoms with Gasteiger partial charge in [0.1, 0.15) is 5.75 Å². The van der Waals surface area contributed by atoms with Gasteiger partial charge in [-0.3, -0.25) is 0 Å². The van der Waals surface area contributed by atoms with Gasteiger partial charge in [-0.25, -0.2) is 13.6 Å². The van der Waals surface area contributed by atoms with Gasteiger partial charge in [-0.2, -0.15) is 0 Å². The number of rotatable bonds is 5. The minimum atomic E-state index is -3.45. The molecular weight excluding hydrogens is 262 g/mol. The van der Waals surface area contributed by atoms with Gasteiger partial charge in [0.25, 0.3) is 0 Å². The quantitative estimate of drug-likeness (QED) is 0.902. The lowest BCUT2D eigenvalue weighted by molar-refractivity contribution is 0.265. The largest absolute Gasteiger partial charge is 0.493 e. The van der Waals surface area contributed by atoms with Gasteiger partial charge in [0.15, 0.2) is 0 Å². The van der Waals surface area contributed by atoms with Crippen molar-refractivity contribution < 1.29 is 13.2 Å². The van der Waals surface area contributed by atoms with E-state index in [1.807, 2.05) is 31.2 Å². The Morgan fingerprint density at radius 3 is 2.37 bits per heavy atom. The lowest BCUT2D eigenvalue weighted by Crippen LogP contribution is -2.25. The molecule has 19 heavy (non-hydrogen) atoms. The number of nitrogens with two attached hydrogens (primary N) is 1. The third-order valence-electron chi connectivity index (χ3n) is 2.74. The number of hydrogen-bond acceptors (Lipinski definition) is 3. The molecule has 0 aromatic heterocycles. The summed E-state index contributed by atoms with van der Waals surface area (Å²) in [7, 11) is -3.45. The molecular formula is C14H23NO3S. The number of para-hydroxylation sites is 1. The summed E-state index contributed by atoms with van der Waals surface area (Å²) >= 11 is 0. The molecule has 0 spiro atoms. The second kappa shape index (κ2) is 5.92. The molecule has 5 heteroatoms. The molecule has 0 fully saturated rings. The van der Waals surface area contributed by atoms with Crippen molar-refractivity contribution in [3.8, 4) is 5.75 Å². The number of hydrogen-bond donors (Lipinski definition) is 1. The molecule has 1 aromatic carbocycles. The van der Waals surface area contributed by atoms with Crippen LogP contribution in [0.3, 0.4) is 0 Å². The first-order valence-electron chi connectivity index (χ1n) is 6.32. The summed E-state index contributed by atoms with van der Waals surface area (Å²) in [5.41, 5.74) is 1.09. The van der Waals surface area contributed by atoms with E-state index in [1.54, 1.807) is 0 Å². The molecule has 0 amide bonds. The second-order valence-electron chi connectivity index (χ2n) is 5.99. The molecule has 1 aromatic rings. The van der Waals surface area contributed by atoms with Crippen LogP contribution in [0.1, 0.15) is 33.3 Å². The summed E-state index contributed by atoms with van der Waals surface area (Å²) < 4.78 is 27.8. The van der Waals surface area contributed by atoms with Gasteiger partial charge in [0.05, 0.1) is 12.4 Å². The third kappa shape index (κ3) is 5.61. The van der Waals surface area contributed by atoms with Crippen LogP contribution in [0.4, 0.5) is 0 Å². The van der Waals surface area contributed by atoms with Crippen molar-refractivity contribution in [1.82, 2.24) is 0 Å². The molecule has 0 heterocycles. The van der Waals surface area contributed by atoms with Crippen molar-refractivity contribution in [3.05, 3.63) is 29.8 Å². The molecule has 1 atom stereocenters. The fourth-order valence-corrected chi connectivity index (χ4v) is 2.78. The highest BCUT2D eigenvalue weighted by Crippen LogP contribution is 2.31. The maximum absolute atomic E-state index is 11.0. The zero-order valence-corrected chi connectivity index (χ0v) is 12.8. The minimum Gasteiger partial charge on any atom is -0.493 e. The molecule has 0 radical (unpaired) electrons. The fraction of sp³-hybridized carbons (Fsp3) is 0.571. The van der Waals surface area contributed by atoms with E-state index in [1.165, 1.54) is 0 Å². The van der Waals surface area contributed by atoms with E-state index in [0.29, 0.717) is 6.61 Å². The summed E-state index contributed by atoms with van der Waals surface area (Å²) in [6.45, 7) is 8.49. The lowest BCUT2D eigenvalue weighted by Gasteiger charge is -2.23. The Bertz CT molecular complexity index is 518. The predicted molar refractivity (Wildman–Crippen MR) is 77.8 cm³/mol. The summed E-state index contributed by atoms with van der Waals surface area (Å²) in [5, 5.41) is 5.02. The lowest BCUT2D eigenvalue weighted by atomic mass is 9.86. The molecule has 108 valence electrons. The number of sulfonamides is 1. The maximum atomic E-state index is 11.0. The van der Waals surface area contributed by atoms with Crippen LogP contribution in [0.25, 0.3) is 0 Å². The standard InChI is InChI=1S/C14H23NO3S/c1-11(10-19(15,16)17)9-18-13-8-6-5-7-12(13)14(2,3)4/h5-8,11H,9-10H2,1-4H3,(H2,15,16,17). The Morgan fingerprint density at radius 1 is 1.26 bits per heavy atom. The zero-order valence-electron chi connectivity index (χ0n) is 12.0. The molecule has 0 saturated carbocycles. The van der Waals surface area contributed by atoms with Crippen LogP contribution in [0.15, 0.2) is 24.3 Å². The van der Waals surface area contributed by atoms with Crippen molar-refractivity contribution >= 4 is 10.0 Å². The average molecular weight is 285 g/mol. The first-order chi connectivity index (χ1) is 8.59. The van der Waals surface area contributed by atoms with E-state index in [0.717, 1.165) is 11.3 Å². The van der Waals surface area contributed by atoms with Crippen LogP contribution in [-0.2, 0) is 15.4 Å². The van der Waals surface area contributed by atoms with Crippen molar-refractivity contribution in [2.45, 2.75) is 33.1 Å². The molecule has 0 saturated heterocycles. The molecule has 0 aliphatic carbocycles. The molecule has 1 unspecified atom stereocenters. The van der Waals surface area contributed by atoms with Crippen molar-refractivity contribution in [2.24, 2.45) is 11.1 Å². The average Bonchev–Trinajstić information content (AvgIpc) is 2.23. The highest BCUT2D eigenvalue weighted by molar-refractivity contribution is 7.89. The van der Waals surface area contributed by atoms with Crippen LogP contribution in [0.5, 0.6) is 5.75 Å². The van der Waals surface area contributed by atoms with Gasteiger partial charge < -0.3 is 4.74 Å². The Balaban J connectivity index is 2.74. The van der Waals surface area contributed by atoms with E-state index >= 15 is 0 Å². The predicted octanol–water partition coefficient (Wildman–Crippen LogP) is 2.29. The van der Waals surface area contributed by atoms with Gasteiger partial charge in [0.2, 0.25) is 10.0 Å². The zero-order chi connectivity index (χ0) is 14.7. The Hall–Kier alpha value is -1.07. The number of benzene rings is 1. The van der Waals surface area contributed by atoms with Crippen LogP contribution >= 0.6 is 0 Å². The number of ether oxygens (including phenoxy) is 1.